The molecule has 21 heavy (non-hydrogen) atoms. The standard InChI is InChI=1S/C16H18N2O3/c1-16(2)10-18(7-8-21-16)11-3-4-14-13(9-11)12(15(19)20)5-6-17-14/h3-6,9H,7-8,10H2,1-2H3,(H,19,20). The average molecular weight is 286 g/mol. The van der Waals surface area contributed by atoms with Gasteiger partial charge in [0.25, 0.3) is 0 Å². The number of fused-ring (bicyclic) bond motifs is 1. The molecular formula is C16H18N2O3. The first-order chi connectivity index (χ1) is 9.96. The number of nitrogens with zero attached hydrogens (tertiary/aromatic N) is 2. The van der Waals surface area contributed by atoms with Crippen LogP contribution in [0.2, 0.25) is 0 Å². The van der Waals surface area contributed by atoms with Gasteiger partial charge in [-0.2, -0.15) is 0 Å². The maximum atomic E-state index is 11.3. The molecular weight excluding hydrogens is 268 g/mol. The molecule has 0 amide bonds. The van der Waals surface area contributed by atoms with Crippen molar-refractivity contribution in [3.63, 3.8) is 0 Å². The molecule has 3 rings (SSSR count). The van der Waals surface area contributed by atoms with E-state index >= 15 is 0 Å². The van der Waals surface area contributed by atoms with Crippen LogP contribution in [-0.2, 0) is 4.74 Å². The molecule has 1 aromatic heterocycles. The van der Waals surface area contributed by atoms with E-state index < -0.39 is 5.97 Å². The number of hydrogen-bond donors (Lipinski definition) is 1. The molecule has 1 N–H and O–H groups in total. The summed E-state index contributed by atoms with van der Waals surface area (Å²) in [4.78, 5) is 17.8. The van der Waals surface area contributed by atoms with Crippen molar-refractivity contribution in [1.29, 1.82) is 0 Å². The Hall–Kier alpha value is -2.14. The summed E-state index contributed by atoms with van der Waals surface area (Å²) in [6.07, 6.45) is 1.53. The molecule has 5 nitrogen and oxygen atoms in total. The van der Waals surface area contributed by atoms with Crippen LogP contribution in [-0.4, -0.2) is 41.4 Å². The maximum absolute atomic E-state index is 11.3. The van der Waals surface area contributed by atoms with Crippen molar-refractivity contribution >= 4 is 22.6 Å². The van der Waals surface area contributed by atoms with Gasteiger partial charge in [0.1, 0.15) is 0 Å². The lowest BCUT2D eigenvalue weighted by atomic mass is 10.0. The summed E-state index contributed by atoms with van der Waals surface area (Å²) in [5.74, 6) is -0.929. The molecule has 5 heteroatoms. The zero-order valence-corrected chi connectivity index (χ0v) is 12.2. The molecule has 2 aromatic rings. The Kier molecular flexibility index (Phi) is 3.29. The van der Waals surface area contributed by atoms with Crippen LogP contribution < -0.4 is 4.90 Å². The van der Waals surface area contributed by atoms with Crippen molar-refractivity contribution in [1.82, 2.24) is 4.98 Å². The molecule has 0 aliphatic carbocycles. The third kappa shape index (κ3) is 2.69. The first-order valence-corrected chi connectivity index (χ1v) is 6.97. The minimum absolute atomic E-state index is 0.197. The summed E-state index contributed by atoms with van der Waals surface area (Å²) >= 11 is 0. The second kappa shape index (κ2) is 5.00. The van der Waals surface area contributed by atoms with Crippen LogP contribution in [0.25, 0.3) is 10.9 Å². The Balaban J connectivity index is 2.04. The van der Waals surface area contributed by atoms with Gasteiger partial charge in [0.05, 0.1) is 23.3 Å². The van der Waals surface area contributed by atoms with Crippen LogP contribution in [0.3, 0.4) is 0 Å². The number of anilines is 1. The van der Waals surface area contributed by atoms with Gasteiger partial charge in [0.2, 0.25) is 0 Å². The van der Waals surface area contributed by atoms with Crippen molar-refractivity contribution in [2.24, 2.45) is 0 Å². The summed E-state index contributed by atoms with van der Waals surface area (Å²) in [6.45, 7) is 6.37. The van der Waals surface area contributed by atoms with Gasteiger partial charge in [-0.05, 0) is 38.1 Å². The predicted molar refractivity (Wildman–Crippen MR) is 80.9 cm³/mol. The van der Waals surface area contributed by atoms with Gasteiger partial charge in [-0.3, -0.25) is 4.98 Å². The third-order valence-electron chi connectivity index (χ3n) is 3.75. The highest BCUT2D eigenvalue weighted by molar-refractivity contribution is 6.03. The first kappa shape index (κ1) is 13.8. The van der Waals surface area contributed by atoms with Crippen LogP contribution in [0.1, 0.15) is 24.2 Å². The van der Waals surface area contributed by atoms with Crippen LogP contribution in [0.15, 0.2) is 30.5 Å². The molecule has 1 aromatic carbocycles. The molecule has 0 unspecified atom stereocenters. The number of carbonyl (C=O) groups is 1. The van der Waals surface area contributed by atoms with Crippen LogP contribution in [0, 0.1) is 0 Å². The number of hydrogen-bond acceptors (Lipinski definition) is 4. The number of morpholine rings is 1. The normalized spacial score (nSPS) is 17.9. The summed E-state index contributed by atoms with van der Waals surface area (Å²) in [5.41, 5.74) is 1.80. The smallest absolute Gasteiger partial charge is 0.336 e. The summed E-state index contributed by atoms with van der Waals surface area (Å²) < 4.78 is 5.72. The van der Waals surface area contributed by atoms with E-state index in [1.807, 2.05) is 18.2 Å². The SMILES string of the molecule is CC1(C)CN(c2ccc3nccc(C(=O)O)c3c2)CCO1. The van der Waals surface area contributed by atoms with Gasteiger partial charge >= 0.3 is 5.97 Å². The highest BCUT2D eigenvalue weighted by Crippen LogP contribution is 2.27. The summed E-state index contributed by atoms with van der Waals surface area (Å²) in [5, 5.41) is 9.98. The molecule has 1 aliphatic heterocycles. The molecule has 0 atom stereocenters. The number of carboxylic acid groups (broad SMARTS) is 1. The average Bonchev–Trinajstić information content (AvgIpc) is 2.44. The quantitative estimate of drug-likeness (QED) is 0.919. The Labute approximate surface area is 123 Å². The van der Waals surface area contributed by atoms with Gasteiger partial charge in [-0.1, -0.05) is 0 Å². The largest absolute Gasteiger partial charge is 0.478 e. The van der Waals surface area contributed by atoms with Gasteiger partial charge in [-0.15, -0.1) is 0 Å². The van der Waals surface area contributed by atoms with Crippen molar-refractivity contribution in [3.05, 3.63) is 36.0 Å². The lowest BCUT2D eigenvalue weighted by molar-refractivity contribution is -0.0276. The second-order valence-corrected chi connectivity index (χ2v) is 5.89. The van der Waals surface area contributed by atoms with Crippen LogP contribution >= 0.6 is 0 Å². The molecule has 0 saturated carbocycles. The van der Waals surface area contributed by atoms with Crippen molar-refractivity contribution < 1.29 is 14.6 Å². The van der Waals surface area contributed by atoms with E-state index in [2.05, 4.69) is 23.7 Å². The van der Waals surface area contributed by atoms with Crippen LogP contribution in [0.4, 0.5) is 5.69 Å². The highest BCUT2D eigenvalue weighted by atomic mass is 16.5. The van der Waals surface area contributed by atoms with Crippen molar-refractivity contribution in [3.8, 4) is 0 Å². The molecule has 1 fully saturated rings. The first-order valence-electron chi connectivity index (χ1n) is 6.97. The minimum Gasteiger partial charge on any atom is -0.478 e. The fourth-order valence-corrected chi connectivity index (χ4v) is 2.75. The molecule has 0 bridgehead atoms. The topological polar surface area (TPSA) is 62.7 Å². The number of aromatic nitrogens is 1. The number of aromatic carboxylic acids is 1. The van der Waals surface area contributed by atoms with E-state index in [0.717, 1.165) is 18.8 Å². The Morgan fingerprint density at radius 2 is 2.19 bits per heavy atom. The van der Waals surface area contributed by atoms with Crippen LogP contribution in [0.5, 0.6) is 0 Å². The van der Waals surface area contributed by atoms with E-state index in [-0.39, 0.29) is 11.2 Å². The van der Waals surface area contributed by atoms with E-state index in [4.69, 9.17) is 4.74 Å². The zero-order valence-electron chi connectivity index (χ0n) is 12.2. The van der Waals surface area contributed by atoms with Gasteiger partial charge in [-0.25, -0.2) is 4.79 Å². The number of pyridine rings is 1. The fraction of sp³-hybridized carbons (Fsp3) is 0.375. The van der Waals surface area contributed by atoms with Gasteiger partial charge in [0, 0.05) is 30.4 Å². The Morgan fingerprint density at radius 1 is 1.38 bits per heavy atom. The minimum atomic E-state index is -0.929. The van der Waals surface area contributed by atoms with E-state index in [0.29, 0.717) is 17.5 Å². The second-order valence-electron chi connectivity index (χ2n) is 5.89. The monoisotopic (exact) mass is 286 g/mol. The van der Waals surface area contributed by atoms with Gasteiger partial charge in [0.15, 0.2) is 0 Å². The Bertz CT molecular complexity index is 697. The fourth-order valence-electron chi connectivity index (χ4n) is 2.75. The molecule has 1 saturated heterocycles. The lowest BCUT2D eigenvalue weighted by Gasteiger charge is -2.39. The van der Waals surface area contributed by atoms with E-state index in [1.54, 1.807) is 0 Å². The van der Waals surface area contributed by atoms with Crippen molar-refractivity contribution in [2.45, 2.75) is 19.4 Å². The summed E-state index contributed by atoms with van der Waals surface area (Å²) in [6, 6.07) is 7.31. The van der Waals surface area contributed by atoms with E-state index in [1.165, 1.54) is 12.3 Å². The Morgan fingerprint density at radius 3 is 2.90 bits per heavy atom. The highest BCUT2D eigenvalue weighted by Gasteiger charge is 2.27. The lowest BCUT2D eigenvalue weighted by Crippen LogP contribution is -2.48. The molecule has 0 spiro atoms. The third-order valence-corrected chi connectivity index (χ3v) is 3.75. The number of ether oxygens (including phenoxy) is 1. The van der Waals surface area contributed by atoms with Crippen molar-refractivity contribution in [2.75, 3.05) is 24.6 Å². The number of benzene rings is 1. The molecule has 2 heterocycles. The van der Waals surface area contributed by atoms with Gasteiger partial charge < -0.3 is 14.7 Å². The number of carboxylic acids is 1. The molecule has 110 valence electrons. The van der Waals surface area contributed by atoms with E-state index in [9.17, 15) is 9.90 Å². The molecule has 0 radical (unpaired) electrons. The number of rotatable bonds is 2. The maximum Gasteiger partial charge on any atom is 0.336 e. The summed E-state index contributed by atoms with van der Waals surface area (Å²) in [7, 11) is 0. The molecule has 1 aliphatic rings. The predicted octanol–water partition coefficient (Wildman–Crippen LogP) is 2.55. The zero-order chi connectivity index (χ0) is 15.0.